The molecule has 0 radical (unpaired) electrons. The summed E-state index contributed by atoms with van der Waals surface area (Å²) < 4.78 is 19.3. The summed E-state index contributed by atoms with van der Waals surface area (Å²) in [6, 6.07) is 14.2. The molecule has 7 nitrogen and oxygen atoms in total. The molecule has 2 aromatic carbocycles. The minimum absolute atomic E-state index is 0.0870. The van der Waals surface area contributed by atoms with Gasteiger partial charge in [-0.25, -0.2) is 4.39 Å². The van der Waals surface area contributed by atoms with Crippen molar-refractivity contribution < 1.29 is 24.1 Å². The number of β-amino-alcohol motifs (C(OH)–C–C–N with tert-alkyl or cyclic N) is 2. The molecule has 0 aromatic heterocycles. The summed E-state index contributed by atoms with van der Waals surface area (Å²) in [4.78, 5) is 18.1. The molecule has 2 aliphatic rings. The van der Waals surface area contributed by atoms with Gasteiger partial charge in [-0.3, -0.25) is 9.69 Å². The van der Waals surface area contributed by atoms with Gasteiger partial charge in [0.1, 0.15) is 23.8 Å². The fraction of sp³-hybridized carbons (Fsp3) is 0.519. The Morgan fingerprint density at radius 3 is 2.43 bits per heavy atom. The van der Waals surface area contributed by atoms with Crippen LogP contribution >= 0.6 is 0 Å². The Morgan fingerprint density at radius 2 is 1.74 bits per heavy atom. The number of halogens is 1. The molecular weight excluding hydrogens is 449 g/mol. The predicted molar refractivity (Wildman–Crippen MR) is 133 cm³/mol. The maximum Gasteiger partial charge on any atom is 0.219 e. The van der Waals surface area contributed by atoms with Crippen molar-refractivity contribution in [1.29, 1.82) is 0 Å². The predicted octanol–water partition coefficient (Wildman–Crippen LogP) is 2.44. The van der Waals surface area contributed by atoms with Gasteiger partial charge < -0.3 is 24.7 Å². The number of rotatable bonds is 6. The van der Waals surface area contributed by atoms with Crippen LogP contribution in [0.5, 0.6) is 5.75 Å². The quantitative estimate of drug-likeness (QED) is 0.655. The molecule has 2 heterocycles. The number of nitrogens with zero attached hydrogens (tertiary/aromatic N) is 3. The summed E-state index contributed by atoms with van der Waals surface area (Å²) in [5.74, 6) is -0.214. The fourth-order valence-corrected chi connectivity index (χ4v) is 5.09. The first kappa shape index (κ1) is 25.4. The Bertz CT molecular complexity index is 1030. The van der Waals surface area contributed by atoms with E-state index in [0.29, 0.717) is 38.2 Å². The summed E-state index contributed by atoms with van der Waals surface area (Å²) in [5, 5.41) is 22.9. The van der Waals surface area contributed by atoms with E-state index in [4.69, 9.17) is 4.74 Å². The van der Waals surface area contributed by atoms with Gasteiger partial charge in [0.05, 0.1) is 12.1 Å². The molecule has 2 aliphatic heterocycles. The Hall–Kier alpha value is -2.68. The van der Waals surface area contributed by atoms with Gasteiger partial charge in [-0.15, -0.1) is 0 Å². The highest BCUT2D eigenvalue weighted by molar-refractivity contribution is 5.73. The zero-order valence-corrected chi connectivity index (χ0v) is 20.6. The van der Waals surface area contributed by atoms with E-state index < -0.39 is 17.0 Å². The third-order valence-corrected chi connectivity index (χ3v) is 7.02. The van der Waals surface area contributed by atoms with Crippen LogP contribution in [-0.2, 0) is 4.79 Å². The Kier molecular flexibility index (Phi) is 7.64. The summed E-state index contributed by atoms with van der Waals surface area (Å²) in [6.07, 6.45) is 1.23. The number of amides is 1. The lowest BCUT2D eigenvalue weighted by atomic mass is 9.90. The van der Waals surface area contributed by atoms with Crippen molar-refractivity contribution in [3.63, 3.8) is 0 Å². The van der Waals surface area contributed by atoms with E-state index in [9.17, 15) is 19.4 Å². The zero-order chi connectivity index (χ0) is 25.1. The first-order chi connectivity index (χ1) is 16.6. The van der Waals surface area contributed by atoms with Gasteiger partial charge in [0, 0.05) is 57.9 Å². The molecular formula is C27H36FN3O4. The molecule has 0 unspecified atom stereocenters. The van der Waals surface area contributed by atoms with E-state index in [-0.39, 0.29) is 25.6 Å². The lowest BCUT2D eigenvalue weighted by Gasteiger charge is -2.42. The molecule has 2 saturated heterocycles. The number of anilines is 1. The molecule has 2 aromatic rings. The lowest BCUT2D eigenvalue weighted by Crippen LogP contribution is -2.55. The van der Waals surface area contributed by atoms with Gasteiger partial charge in [0.15, 0.2) is 0 Å². The molecule has 0 bridgehead atoms. The van der Waals surface area contributed by atoms with E-state index in [1.807, 2.05) is 4.90 Å². The number of ether oxygens (including phenoxy) is 1. The molecule has 2 N–H and O–H groups in total. The average molecular weight is 486 g/mol. The molecule has 190 valence electrons. The van der Waals surface area contributed by atoms with E-state index in [0.717, 1.165) is 13.1 Å². The van der Waals surface area contributed by atoms with Crippen molar-refractivity contribution >= 4 is 11.6 Å². The number of aliphatic hydroxyl groups is 2. The summed E-state index contributed by atoms with van der Waals surface area (Å²) in [6.45, 7) is 6.75. The highest BCUT2D eigenvalue weighted by Gasteiger charge is 2.40. The summed E-state index contributed by atoms with van der Waals surface area (Å²) in [7, 11) is 0. The van der Waals surface area contributed by atoms with Crippen LogP contribution in [0.4, 0.5) is 10.1 Å². The van der Waals surface area contributed by atoms with Crippen molar-refractivity contribution in [2.24, 2.45) is 0 Å². The lowest BCUT2D eigenvalue weighted by molar-refractivity contribution is -0.132. The van der Waals surface area contributed by atoms with Crippen molar-refractivity contribution in [1.82, 2.24) is 9.80 Å². The van der Waals surface area contributed by atoms with Gasteiger partial charge >= 0.3 is 0 Å². The second-order valence-electron chi connectivity index (χ2n) is 10.2. The van der Waals surface area contributed by atoms with Crippen molar-refractivity contribution in [3.8, 4) is 5.75 Å². The van der Waals surface area contributed by atoms with Crippen molar-refractivity contribution in [3.05, 3.63) is 59.9 Å². The average Bonchev–Trinajstić information content (AvgIpc) is 2.97. The number of carbonyl (C=O) groups is 1. The molecule has 0 saturated carbocycles. The second-order valence-corrected chi connectivity index (χ2v) is 10.2. The maximum atomic E-state index is 13.5. The molecule has 1 atom stereocenters. The largest absolute Gasteiger partial charge is 0.490 e. The zero-order valence-electron chi connectivity index (χ0n) is 20.6. The molecule has 2 fully saturated rings. The molecule has 1 amide bonds. The normalized spacial score (nSPS) is 23.1. The van der Waals surface area contributed by atoms with Crippen LogP contribution in [0.25, 0.3) is 0 Å². The first-order valence-corrected chi connectivity index (χ1v) is 12.3. The van der Waals surface area contributed by atoms with Gasteiger partial charge in [0.25, 0.3) is 0 Å². The Labute approximate surface area is 206 Å². The van der Waals surface area contributed by atoms with Crippen LogP contribution in [0.1, 0.15) is 25.3 Å². The molecule has 4 rings (SSSR count). The molecule has 35 heavy (non-hydrogen) atoms. The van der Waals surface area contributed by atoms with Crippen LogP contribution in [0, 0.1) is 12.7 Å². The second kappa shape index (κ2) is 10.5. The number of hydrogen-bond donors (Lipinski definition) is 2. The topological polar surface area (TPSA) is 76.5 Å². The third kappa shape index (κ3) is 6.72. The Morgan fingerprint density at radius 1 is 1.00 bits per heavy atom. The van der Waals surface area contributed by atoms with Crippen LogP contribution in [0.15, 0.2) is 48.5 Å². The number of benzene rings is 2. The molecule has 8 heteroatoms. The highest BCUT2D eigenvalue weighted by atomic mass is 19.1. The van der Waals surface area contributed by atoms with E-state index >= 15 is 0 Å². The van der Waals surface area contributed by atoms with Crippen molar-refractivity contribution in [2.45, 2.75) is 37.9 Å². The molecule has 0 spiro atoms. The van der Waals surface area contributed by atoms with Gasteiger partial charge in [-0.2, -0.15) is 0 Å². The minimum atomic E-state index is -1.35. The van der Waals surface area contributed by atoms with Gasteiger partial charge in [-0.05, 0) is 49.6 Å². The number of aryl methyl sites for hydroxylation is 1. The number of carbonyl (C=O) groups excluding carboxylic acids is 1. The molecule has 0 aliphatic carbocycles. The monoisotopic (exact) mass is 485 g/mol. The standard InChI is InChI=1S/C27H36FN3O4/c1-21-5-3-7-24(15-21)30-11-9-26(33,10-12-30)17-29-13-14-31(22(2)32)19-27(34,18-29)20-35-25-8-4-6-23(28)16-25/h3-8,15-16,33-34H,9-14,17-20H2,1-2H3/t27-/m0/s1. The fourth-order valence-electron chi connectivity index (χ4n) is 5.09. The number of piperidine rings is 1. The van der Waals surface area contributed by atoms with Crippen LogP contribution in [0.3, 0.4) is 0 Å². The first-order valence-electron chi connectivity index (χ1n) is 12.3. The minimum Gasteiger partial charge on any atom is -0.490 e. The Balaban J connectivity index is 1.41. The van der Waals surface area contributed by atoms with E-state index in [1.165, 1.54) is 30.3 Å². The highest BCUT2D eigenvalue weighted by Crippen LogP contribution is 2.29. The van der Waals surface area contributed by atoms with Crippen molar-refractivity contribution in [2.75, 3.05) is 57.3 Å². The summed E-state index contributed by atoms with van der Waals surface area (Å²) in [5.41, 5.74) is 0.147. The SMILES string of the molecule is CC(=O)N1CCN(CC2(O)CCN(c3cccc(C)c3)CC2)C[C@@](O)(COc2cccc(F)c2)C1. The van der Waals surface area contributed by atoms with E-state index in [1.54, 1.807) is 17.0 Å². The smallest absolute Gasteiger partial charge is 0.219 e. The van der Waals surface area contributed by atoms with Crippen LogP contribution < -0.4 is 9.64 Å². The number of hydrogen-bond acceptors (Lipinski definition) is 6. The summed E-state index contributed by atoms with van der Waals surface area (Å²) >= 11 is 0. The van der Waals surface area contributed by atoms with Crippen LogP contribution in [0.2, 0.25) is 0 Å². The maximum absolute atomic E-state index is 13.5. The van der Waals surface area contributed by atoms with E-state index in [2.05, 4.69) is 36.1 Å². The van der Waals surface area contributed by atoms with Gasteiger partial charge in [0.2, 0.25) is 5.91 Å². The third-order valence-electron chi connectivity index (χ3n) is 7.02. The van der Waals surface area contributed by atoms with Crippen LogP contribution in [-0.4, -0.2) is 89.5 Å². The van der Waals surface area contributed by atoms with Gasteiger partial charge in [-0.1, -0.05) is 18.2 Å².